The van der Waals surface area contributed by atoms with E-state index < -0.39 is 4.92 Å². The number of rotatable bonds is 6. The van der Waals surface area contributed by atoms with Crippen molar-refractivity contribution in [2.24, 2.45) is 5.92 Å². The highest BCUT2D eigenvalue weighted by molar-refractivity contribution is 5.94. The number of carbonyl (C=O) groups is 2. The van der Waals surface area contributed by atoms with Crippen LogP contribution in [0.1, 0.15) is 47.1 Å². The average molecular weight is 413 g/mol. The molecule has 160 valence electrons. The van der Waals surface area contributed by atoms with Gasteiger partial charge >= 0.3 is 5.69 Å². The SMILES string of the molecule is CCNC(=O)C1CCCN(C(=O)c2ccc(Cn3nc(C)c([N+](=O)[O-])c3C)cc2)C1. The molecule has 1 N–H and O–H groups in total. The van der Waals surface area contributed by atoms with Crippen LogP contribution in [0.4, 0.5) is 5.69 Å². The van der Waals surface area contributed by atoms with Crippen molar-refractivity contribution in [3.63, 3.8) is 0 Å². The minimum absolute atomic E-state index is 0.00401. The van der Waals surface area contributed by atoms with Crippen LogP contribution in [0, 0.1) is 29.9 Å². The third-order valence-corrected chi connectivity index (χ3v) is 5.49. The van der Waals surface area contributed by atoms with Gasteiger partial charge in [-0.1, -0.05) is 12.1 Å². The number of hydrogen-bond donors (Lipinski definition) is 1. The number of aromatic nitrogens is 2. The minimum Gasteiger partial charge on any atom is -0.356 e. The summed E-state index contributed by atoms with van der Waals surface area (Å²) in [6.07, 6.45) is 1.60. The van der Waals surface area contributed by atoms with Crippen LogP contribution in [-0.2, 0) is 11.3 Å². The normalized spacial score (nSPS) is 16.4. The highest BCUT2D eigenvalue weighted by Gasteiger charge is 2.28. The summed E-state index contributed by atoms with van der Waals surface area (Å²) < 4.78 is 1.60. The molecule has 1 aromatic heterocycles. The lowest BCUT2D eigenvalue weighted by molar-refractivity contribution is -0.386. The molecule has 1 atom stereocenters. The lowest BCUT2D eigenvalue weighted by Crippen LogP contribution is -2.45. The predicted molar refractivity (Wildman–Crippen MR) is 111 cm³/mol. The number of nitrogens with zero attached hydrogens (tertiary/aromatic N) is 4. The van der Waals surface area contributed by atoms with Gasteiger partial charge in [0.05, 0.1) is 17.4 Å². The van der Waals surface area contributed by atoms with E-state index in [9.17, 15) is 19.7 Å². The van der Waals surface area contributed by atoms with E-state index >= 15 is 0 Å². The topological polar surface area (TPSA) is 110 Å². The molecule has 0 spiro atoms. The molecule has 1 aromatic carbocycles. The van der Waals surface area contributed by atoms with Crippen LogP contribution in [-0.4, -0.2) is 51.1 Å². The van der Waals surface area contributed by atoms with E-state index in [2.05, 4.69) is 10.4 Å². The van der Waals surface area contributed by atoms with E-state index in [0.29, 0.717) is 43.1 Å². The number of nitrogens with one attached hydrogen (secondary N) is 1. The highest BCUT2D eigenvalue weighted by Crippen LogP contribution is 2.23. The Morgan fingerprint density at radius 1 is 1.27 bits per heavy atom. The first kappa shape index (κ1) is 21.5. The van der Waals surface area contributed by atoms with E-state index in [1.165, 1.54) is 0 Å². The second kappa shape index (κ2) is 9.06. The van der Waals surface area contributed by atoms with Gasteiger partial charge in [0.25, 0.3) is 5.91 Å². The molecule has 1 saturated heterocycles. The number of hydrogen-bond acceptors (Lipinski definition) is 5. The lowest BCUT2D eigenvalue weighted by atomic mass is 9.96. The summed E-state index contributed by atoms with van der Waals surface area (Å²) >= 11 is 0. The quantitative estimate of drug-likeness (QED) is 0.578. The Kier molecular flexibility index (Phi) is 6.49. The molecule has 1 unspecified atom stereocenters. The first-order chi connectivity index (χ1) is 14.3. The van der Waals surface area contributed by atoms with Gasteiger partial charge in [-0.3, -0.25) is 24.4 Å². The molecule has 2 heterocycles. The lowest BCUT2D eigenvalue weighted by Gasteiger charge is -2.32. The first-order valence-corrected chi connectivity index (χ1v) is 10.2. The van der Waals surface area contributed by atoms with Gasteiger partial charge in [0, 0.05) is 25.2 Å². The van der Waals surface area contributed by atoms with E-state index in [0.717, 1.165) is 18.4 Å². The number of aryl methyl sites for hydroxylation is 1. The molecule has 0 saturated carbocycles. The first-order valence-electron chi connectivity index (χ1n) is 10.2. The van der Waals surface area contributed by atoms with Gasteiger partial charge in [-0.05, 0) is 51.3 Å². The fourth-order valence-corrected chi connectivity index (χ4v) is 3.91. The highest BCUT2D eigenvalue weighted by atomic mass is 16.6. The fraction of sp³-hybridized carbons (Fsp3) is 0.476. The maximum Gasteiger partial charge on any atom is 0.312 e. The second-order valence-electron chi connectivity index (χ2n) is 7.62. The molecule has 1 aliphatic heterocycles. The number of carbonyl (C=O) groups excluding carboxylic acids is 2. The fourth-order valence-electron chi connectivity index (χ4n) is 3.91. The minimum atomic E-state index is -0.414. The van der Waals surface area contributed by atoms with Crippen LogP contribution >= 0.6 is 0 Å². The van der Waals surface area contributed by atoms with Crippen LogP contribution < -0.4 is 5.32 Å². The molecule has 1 fully saturated rings. The zero-order chi connectivity index (χ0) is 21.8. The Morgan fingerprint density at radius 2 is 1.97 bits per heavy atom. The molecule has 3 rings (SSSR count). The van der Waals surface area contributed by atoms with Crippen LogP contribution in [0.3, 0.4) is 0 Å². The van der Waals surface area contributed by atoms with Gasteiger partial charge in [0.15, 0.2) is 0 Å². The zero-order valence-corrected chi connectivity index (χ0v) is 17.6. The summed E-state index contributed by atoms with van der Waals surface area (Å²) in [5, 5.41) is 18.3. The summed E-state index contributed by atoms with van der Waals surface area (Å²) in [7, 11) is 0. The summed E-state index contributed by atoms with van der Waals surface area (Å²) in [5.74, 6) is -0.245. The molecule has 0 bridgehead atoms. The van der Waals surface area contributed by atoms with Crippen LogP contribution in [0.15, 0.2) is 24.3 Å². The third kappa shape index (κ3) is 4.50. The number of likely N-dealkylation sites (tertiary alicyclic amines) is 1. The summed E-state index contributed by atoms with van der Waals surface area (Å²) in [4.78, 5) is 37.5. The molecule has 9 heteroatoms. The average Bonchev–Trinajstić information content (AvgIpc) is 3.01. The maximum absolute atomic E-state index is 12.9. The summed E-state index contributed by atoms with van der Waals surface area (Å²) in [5.41, 5.74) is 2.38. The van der Waals surface area contributed by atoms with Crippen molar-refractivity contribution in [2.45, 2.75) is 40.2 Å². The maximum atomic E-state index is 12.9. The molecule has 2 aromatic rings. The van der Waals surface area contributed by atoms with Crippen molar-refractivity contribution in [3.8, 4) is 0 Å². The molecule has 30 heavy (non-hydrogen) atoms. The largest absolute Gasteiger partial charge is 0.356 e. The smallest absolute Gasteiger partial charge is 0.312 e. The van der Waals surface area contributed by atoms with Crippen molar-refractivity contribution < 1.29 is 14.5 Å². The Hall–Kier alpha value is -3.23. The zero-order valence-electron chi connectivity index (χ0n) is 17.6. The molecular formula is C21H27N5O4. The molecule has 0 aliphatic carbocycles. The Labute approximate surface area is 175 Å². The van der Waals surface area contributed by atoms with E-state index in [1.807, 2.05) is 19.1 Å². The number of amides is 2. The van der Waals surface area contributed by atoms with Gasteiger partial charge < -0.3 is 10.2 Å². The van der Waals surface area contributed by atoms with E-state index in [1.54, 1.807) is 35.6 Å². The van der Waals surface area contributed by atoms with Gasteiger partial charge in [-0.15, -0.1) is 0 Å². The molecule has 0 radical (unpaired) electrons. The van der Waals surface area contributed by atoms with Gasteiger partial charge in [-0.25, -0.2) is 0 Å². The van der Waals surface area contributed by atoms with Crippen molar-refractivity contribution in [1.82, 2.24) is 20.0 Å². The van der Waals surface area contributed by atoms with Gasteiger partial charge in [-0.2, -0.15) is 5.10 Å². The molecule has 9 nitrogen and oxygen atoms in total. The van der Waals surface area contributed by atoms with Crippen molar-refractivity contribution >= 4 is 17.5 Å². The second-order valence-corrected chi connectivity index (χ2v) is 7.62. The Morgan fingerprint density at radius 3 is 2.57 bits per heavy atom. The summed E-state index contributed by atoms with van der Waals surface area (Å²) in [6.45, 7) is 7.23. The van der Waals surface area contributed by atoms with Gasteiger partial charge in [0.1, 0.15) is 11.4 Å². The van der Waals surface area contributed by atoms with E-state index in [-0.39, 0.29) is 23.4 Å². The third-order valence-electron chi connectivity index (χ3n) is 5.49. The Bertz CT molecular complexity index is 951. The Balaban J connectivity index is 1.68. The standard InChI is InChI=1S/C21H27N5O4/c1-4-22-20(27)18-6-5-11-24(13-18)21(28)17-9-7-16(8-10-17)12-25-15(3)19(26(29)30)14(2)23-25/h7-10,18H,4-6,11-13H2,1-3H3,(H,22,27). The van der Waals surface area contributed by atoms with E-state index in [4.69, 9.17) is 0 Å². The molecule has 2 amide bonds. The summed E-state index contributed by atoms with van der Waals surface area (Å²) in [6, 6.07) is 7.18. The van der Waals surface area contributed by atoms with Crippen molar-refractivity contribution in [3.05, 3.63) is 56.9 Å². The van der Waals surface area contributed by atoms with Crippen molar-refractivity contribution in [1.29, 1.82) is 0 Å². The number of nitro groups is 1. The molecule has 1 aliphatic rings. The van der Waals surface area contributed by atoms with Crippen molar-refractivity contribution in [2.75, 3.05) is 19.6 Å². The number of benzene rings is 1. The van der Waals surface area contributed by atoms with Crippen LogP contribution in [0.2, 0.25) is 0 Å². The monoisotopic (exact) mass is 413 g/mol. The predicted octanol–water partition coefficient (Wildman–Crippen LogP) is 2.44. The van der Waals surface area contributed by atoms with Crippen LogP contribution in [0.5, 0.6) is 0 Å². The number of piperidine rings is 1. The van der Waals surface area contributed by atoms with Crippen LogP contribution in [0.25, 0.3) is 0 Å². The van der Waals surface area contributed by atoms with Gasteiger partial charge in [0.2, 0.25) is 5.91 Å². The molecular weight excluding hydrogens is 386 g/mol.